The Kier molecular flexibility index (Phi) is 4.53. The van der Waals surface area contributed by atoms with E-state index in [2.05, 4.69) is 39.3 Å². The molecule has 1 aromatic heterocycles. The maximum atomic E-state index is 12.2. The van der Waals surface area contributed by atoms with Gasteiger partial charge in [0.1, 0.15) is 0 Å². The number of nitrogens with zero attached hydrogens (tertiary/aromatic N) is 4. The molecule has 6 heteroatoms. The number of hydrogen-bond donors (Lipinski definition) is 0. The first-order chi connectivity index (χ1) is 12.2. The maximum absolute atomic E-state index is 12.2. The molecule has 0 N–H and O–H groups in total. The first-order valence-electron chi connectivity index (χ1n) is 9.05. The SMILES string of the molecule is CC(=O)N(Cc1noc(C2CC2)n1)C1CCN(Cc2ccccc2)C1. The van der Waals surface area contributed by atoms with E-state index in [1.54, 1.807) is 6.92 Å². The summed E-state index contributed by atoms with van der Waals surface area (Å²) in [5.41, 5.74) is 1.31. The Bertz CT molecular complexity index is 726. The fourth-order valence-corrected chi connectivity index (χ4v) is 3.53. The van der Waals surface area contributed by atoms with E-state index >= 15 is 0 Å². The average Bonchev–Trinajstić information content (AvgIpc) is 3.18. The highest BCUT2D eigenvalue weighted by atomic mass is 16.5. The van der Waals surface area contributed by atoms with Crippen molar-refractivity contribution in [3.63, 3.8) is 0 Å². The Morgan fingerprint density at radius 2 is 2.08 bits per heavy atom. The minimum Gasteiger partial charge on any atom is -0.339 e. The summed E-state index contributed by atoms with van der Waals surface area (Å²) in [7, 11) is 0. The standard InChI is InChI=1S/C19H24N4O2/c1-14(24)23(13-18-20-19(25-21-18)16-7-8-16)17-9-10-22(12-17)11-15-5-3-2-4-6-15/h2-6,16-17H,7-13H2,1H3. The molecule has 6 nitrogen and oxygen atoms in total. The molecule has 1 saturated heterocycles. The maximum Gasteiger partial charge on any atom is 0.229 e. The van der Waals surface area contributed by atoms with Gasteiger partial charge in [0, 0.05) is 38.5 Å². The van der Waals surface area contributed by atoms with Crippen LogP contribution < -0.4 is 0 Å². The third kappa shape index (κ3) is 3.90. The van der Waals surface area contributed by atoms with Gasteiger partial charge in [0.05, 0.1) is 6.54 Å². The Balaban J connectivity index is 1.38. The molecule has 1 saturated carbocycles. The van der Waals surface area contributed by atoms with Crippen LogP contribution in [0.15, 0.2) is 34.9 Å². The Hall–Kier alpha value is -2.21. The molecule has 0 spiro atoms. The van der Waals surface area contributed by atoms with Gasteiger partial charge in [0.25, 0.3) is 0 Å². The largest absolute Gasteiger partial charge is 0.339 e. The zero-order chi connectivity index (χ0) is 17.2. The van der Waals surface area contributed by atoms with E-state index in [0.717, 1.165) is 44.8 Å². The molecule has 1 aliphatic heterocycles. The van der Waals surface area contributed by atoms with Crippen LogP contribution in [-0.4, -0.2) is 45.0 Å². The van der Waals surface area contributed by atoms with Crippen molar-refractivity contribution in [1.82, 2.24) is 19.9 Å². The number of amides is 1. The number of carbonyl (C=O) groups excluding carboxylic acids is 1. The van der Waals surface area contributed by atoms with E-state index in [1.165, 1.54) is 5.56 Å². The van der Waals surface area contributed by atoms with Crippen LogP contribution in [0.5, 0.6) is 0 Å². The van der Waals surface area contributed by atoms with Gasteiger partial charge in [0.2, 0.25) is 11.8 Å². The summed E-state index contributed by atoms with van der Waals surface area (Å²) >= 11 is 0. The first kappa shape index (κ1) is 16.3. The molecule has 0 bridgehead atoms. The van der Waals surface area contributed by atoms with Crippen molar-refractivity contribution in [3.8, 4) is 0 Å². The molecule has 1 unspecified atom stereocenters. The van der Waals surface area contributed by atoms with Gasteiger partial charge in [-0.3, -0.25) is 9.69 Å². The molecule has 132 valence electrons. The van der Waals surface area contributed by atoms with Crippen LogP contribution in [0.2, 0.25) is 0 Å². The predicted molar refractivity (Wildman–Crippen MR) is 92.6 cm³/mol. The number of benzene rings is 1. The Morgan fingerprint density at radius 1 is 1.28 bits per heavy atom. The molecule has 1 aromatic carbocycles. The molecule has 2 aromatic rings. The van der Waals surface area contributed by atoms with E-state index < -0.39 is 0 Å². The summed E-state index contributed by atoms with van der Waals surface area (Å²) in [4.78, 5) is 20.9. The van der Waals surface area contributed by atoms with Crippen molar-refractivity contribution in [2.75, 3.05) is 13.1 Å². The Labute approximate surface area is 147 Å². The number of carbonyl (C=O) groups is 1. The minimum absolute atomic E-state index is 0.0735. The van der Waals surface area contributed by atoms with Crippen molar-refractivity contribution < 1.29 is 9.32 Å². The van der Waals surface area contributed by atoms with Crippen molar-refractivity contribution in [2.45, 2.75) is 51.2 Å². The van der Waals surface area contributed by atoms with E-state index in [-0.39, 0.29) is 11.9 Å². The lowest BCUT2D eigenvalue weighted by molar-refractivity contribution is -0.131. The van der Waals surface area contributed by atoms with Crippen LogP contribution in [0.1, 0.15) is 49.4 Å². The molecule has 2 fully saturated rings. The molecular formula is C19H24N4O2. The lowest BCUT2D eigenvalue weighted by Crippen LogP contribution is -2.40. The zero-order valence-electron chi connectivity index (χ0n) is 14.6. The second kappa shape index (κ2) is 6.96. The van der Waals surface area contributed by atoms with Crippen LogP contribution in [0.4, 0.5) is 0 Å². The quantitative estimate of drug-likeness (QED) is 0.809. The van der Waals surface area contributed by atoms with E-state index in [0.29, 0.717) is 18.3 Å². The van der Waals surface area contributed by atoms with Gasteiger partial charge in [-0.15, -0.1) is 0 Å². The molecule has 1 atom stereocenters. The van der Waals surface area contributed by atoms with Crippen molar-refractivity contribution in [2.24, 2.45) is 0 Å². The summed E-state index contributed by atoms with van der Waals surface area (Å²) in [6.45, 7) is 4.89. The van der Waals surface area contributed by atoms with Gasteiger partial charge in [-0.25, -0.2) is 0 Å². The van der Waals surface area contributed by atoms with Crippen molar-refractivity contribution >= 4 is 5.91 Å². The van der Waals surface area contributed by atoms with Gasteiger partial charge in [0.15, 0.2) is 5.82 Å². The lowest BCUT2D eigenvalue weighted by atomic mass is 10.2. The van der Waals surface area contributed by atoms with Gasteiger partial charge in [-0.05, 0) is 24.8 Å². The Morgan fingerprint density at radius 3 is 2.80 bits per heavy atom. The van der Waals surface area contributed by atoms with Crippen LogP contribution in [0.25, 0.3) is 0 Å². The normalized spacial score (nSPS) is 20.8. The molecule has 1 amide bonds. The summed E-state index contributed by atoms with van der Waals surface area (Å²) in [6, 6.07) is 10.7. The van der Waals surface area contributed by atoms with E-state index in [1.807, 2.05) is 11.0 Å². The molecule has 2 heterocycles. The average molecular weight is 340 g/mol. The highest BCUT2D eigenvalue weighted by Gasteiger charge is 2.32. The predicted octanol–water partition coefficient (Wildman–Crippen LogP) is 2.57. The monoisotopic (exact) mass is 340 g/mol. The number of likely N-dealkylation sites (tertiary alicyclic amines) is 1. The third-order valence-electron chi connectivity index (χ3n) is 5.06. The van der Waals surface area contributed by atoms with Crippen LogP contribution in [0.3, 0.4) is 0 Å². The van der Waals surface area contributed by atoms with Gasteiger partial charge >= 0.3 is 0 Å². The van der Waals surface area contributed by atoms with Crippen molar-refractivity contribution in [3.05, 3.63) is 47.6 Å². The fraction of sp³-hybridized carbons (Fsp3) is 0.526. The van der Waals surface area contributed by atoms with Crippen molar-refractivity contribution in [1.29, 1.82) is 0 Å². The van der Waals surface area contributed by atoms with Crippen LogP contribution in [-0.2, 0) is 17.9 Å². The lowest BCUT2D eigenvalue weighted by Gasteiger charge is -2.27. The summed E-state index contributed by atoms with van der Waals surface area (Å²) in [5.74, 6) is 1.87. The highest BCUT2D eigenvalue weighted by Crippen LogP contribution is 2.38. The molecule has 4 rings (SSSR count). The topological polar surface area (TPSA) is 62.5 Å². The van der Waals surface area contributed by atoms with Crippen LogP contribution in [0, 0.1) is 0 Å². The van der Waals surface area contributed by atoms with Gasteiger partial charge < -0.3 is 9.42 Å². The summed E-state index contributed by atoms with van der Waals surface area (Å²) in [6.07, 6.45) is 3.25. The van der Waals surface area contributed by atoms with Gasteiger partial charge in [-0.2, -0.15) is 4.98 Å². The second-order valence-electron chi connectivity index (χ2n) is 7.13. The number of rotatable bonds is 6. The van der Waals surface area contributed by atoms with Gasteiger partial charge in [-0.1, -0.05) is 35.5 Å². The minimum atomic E-state index is 0.0735. The number of aromatic nitrogens is 2. The second-order valence-corrected chi connectivity index (χ2v) is 7.13. The zero-order valence-corrected chi connectivity index (χ0v) is 14.6. The molecule has 0 radical (unpaired) electrons. The highest BCUT2D eigenvalue weighted by molar-refractivity contribution is 5.73. The third-order valence-corrected chi connectivity index (χ3v) is 5.06. The molecule has 1 aliphatic carbocycles. The molecule has 2 aliphatic rings. The smallest absolute Gasteiger partial charge is 0.229 e. The van der Waals surface area contributed by atoms with E-state index in [9.17, 15) is 4.79 Å². The molecular weight excluding hydrogens is 316 g/mol. The summed E-state index contributed by atoms with van der Waals surface area (Å²) in [5, 5.41) is 4.06. The van der Waals surface area contributed by atoms with E-state index in [4.69, 9.17) is 4.52 Å². The molecule has 25 heavy (non-hydrogen) atoms. The first-order valence-corrected chi connectivity index (χ1v) is 9.05. The van der Waals surface area contributed by atoms with Crippen LogP contribution >= 0.6 is 0 Å². The fourth-order valence-electron chi connectivity index (χ4n) is 3.53. The number of hydrogen-bond acceptors (Lipinski definition) is 5. The summed E-state index contributed by atoms with van der Waals surface area (Å²) < 4.78 is 5.32.